The van der Waals surface area contributed by atoms with Gasteiger partial charge in [0.2, 0.25) is 0 Å². The van der Waals surface area contributed by atoms with Crippen molar-refractivity contribution in [2.24, 2.45) is 5.92 Å². The molecule has 0 fully saturated rings. The summed E-state index contributed by atoms with van der Waals surface area (Å²) in [5, 5.41) is 0. The number of hydrogen-bond acceptors (Lipinski definition) is 0. The Morgan fingerprint density at radius 3 is 1.88 bits per heavy atom. The van der Waals surface area contributed by atoms with Crippen LogP contribution in [0.1, 0.15) is 26.7 Å². The van der Waals surface area contributed by atoms with Crippen LogP contribution in [0.4, 0.5) is 0 Å². The topological polar surface area (TPSA) is 0 Å². The summed E-state index contributed by atoms with van der Waals surface area (Å²) in [5.74, 6) is 0.648. The molecule has 0 saturated heterocycles. The van der Waals surface area contributed by atoms with E-state index in [1.807, 2.05) is 0 Å². The van der Waals surface area contributed by atoms with Crippen molar-refractivity contribution in [3.05, 3.63) is 6.92 Å². The molecule has 0 bridgehead atoms. The van der Waals surface area contributed by atoms with Gasteiger partial charge < -0.3 is 6.92 Å². The first-order chi connectivity index (χ1) is 2.77. The minimum absolute atomic E-state index is 0. The van der Waals surface area contributed by atoms with Gasteiger partial charge in [0.05, 0.1) is 0 Å². The van der Waals surface area contributed by atoms with Crippen LogP contribution in [-0.2, 0) is 19.5 Å². The van der Waals surface area contributed by atoms with Crippen molar-refractivity contribution < 1.29 is 19.5 Å². The molecular weight excluding hydrogens is 173 g/mol. The van der Waals surface area contributed by atoms with Crippen LogP contribution in [0.25, 0.3) is 0 Å². The van der Waals surface area contributed by atoms with Crippen LogP contribution in [0.5, 0.6) is 0 Å². The SMILES string of the molecule is Cl.[CH2-]C(C)CCC.[Zn]. The van der Waals surface area contributed by atoms with Gasteiger partial charge in [-0.2, -0.15) is 5.92 Å². The van der Waals surface area contributed by atoms with Crippen LogP contribution in [-0.4, -0.2) is 0 Å². The predicted molar refractivity (Wildman–Crippen MR) is 36.7 cm³/mol. The van der Waals surface area contributed by atoms with E-state index in [-0.39, 0.29) is 31.9 Å². The molecule has 0 aromatic carbocycles. The van der Waals surface area contributed by atoms with Gasteiger partial charge in [0, 0.05) is 19.5 Å². The number of rotatable bonds is 2. The Bertz CT molecular complexity index is 29.7. The molecule has 48 valence electrons. The molecule has 1 unspecified atom stereocenters. The van der Waals surface area contributed by atoms with Crippen LogP contribution < -0.4 is 0 Å². The Morgan fingerprint density at radius 1 is 1.50 bits per heavy atom. The fourth-order valence-electron chi connectivity index (χ4n) is 0.493. The first-order valence-electron chi connectivity index (χ1n) is 2.60. The van der Waals surface area contributed by atoms with Gasteiger partial charge in [0.25, 0.3) is 0 Å². The van der Waals surface area contributed by atoms with Crippen molar-refractivity contribution in [2.45, 2.75) is 26.7 Å². The van der Waals surface area contributed by atoms with Crippen molar-refractivity contribution >= 4 is 12.4 Å². The van der Waals surface area contributed by atoms with E-state index in [2.05, 4.69) is 20.8 Å². The van der Waals surface area contributed by atoms with E-state index in [0.717, 1.165) is 0 Å². The van der Waals surface area contributed by atoms with Crippen molar-refractivity contribution in [1.29, 1.82) is 0 Å². The van der Waals surface area contributed by atoms with Crippen molar-refractivity contribution in [3.8, 4) is 0 Å². The molecule has 0 aliphatic rings. The largest absolute Gasteiger partial charge is 0.341 e. The fourth-order valence-corrected chi connectivity index (χ4v) is 0.493. The van der Waals surface area contributed by atoms with E-state index in [4.69, 9.17) is 0 Å². The van der Waals surface area contributed by atoms with Gasteiger partial charge in [0.1, 0.15) is 0 Å². The number of hydrogen-bond donors (Lipinski definition) is 0. The molecule has 0 radical (unpaired) electrons. The smallest absolute Gasteiger partial charge is 0 e. The molecular formula is C6H14ClZn-. The van der Waals surface area contributed by atoms with Crippen LogP contribution >= 0.6 is 12.4 Å². The second-order valence-corrected chi connectivity index (χ2v) is 1.89. The van der Waals surface area contributed by atoms with E-state index >= 15 is 0 Å². The fraction of sp³-hybridized carbons (Fsp3) is 0.833. The normalized spacial score (nSPS) is 10.9. The summed E-state index contributed by atoms with van der Waals surface area (Å²) in [6.45, 7) is 8.15. The van der Waals surface area contributed by atoms with Gasteiger partial charge in [-0.1, -0.05) is 26.7 Å². The van der Waals surface area contributed by atoms with E-state index in [1.54, 1.807) is 0 Å². The zero-order valence-electron chi connectivity index (χ0n) is 5.81. The summed E-state index contributed by atoms with van der Waals surface area (Å²) in [5.41, 5.74) is 0. The van der Waals surface area contributed by atoms with Crippen LogP contribution in [0.2, 0.25) is 0 Å². The van der Waals surface area contributed by atoms with Gasteiger partial charge in [-0.05, 0) is 0 Å². The van der Waals surface area contributed by atoms with Gasteiger partial charge in [-0.25, -0.2) is 0 Å². The van der Waals surface area contributed by atoms with Crippen molar-refractivity contribution in [2.75, 3.05) is 0 Å². The maximum atomic E-state index is 3.83. The number of halogens is 1. The molecule has 0 heterocycles. The molecule has 0 aliphatic carbocycles. The van der Waals surface area contributed by atoms with Gasteiger partial charge in [-0.3, -0.25) is 0 Å². The standard InChI is InChI=1S/C6H13.ClH.Zn/c1-4-5-6(2)3;;/h6H,2,4-5H2,1,3H3;1H;/q-1;;. The molecule has 0 N–H and O–H groups in total. The average molecular weight is 187 g/mol. The summed E-state index contributed by atoms with van der Waals surface area (Å²) in [6, 6.07) is 0. The third-order valence-electron chi connectivity index (χ3n) is 0.781. The quantitative estimate of drug-likeness (QED) is 0.460. The summed E-state index contributed by atoms with van der Waals surface area (Å²) in [4.78, 5) is 0. The maximum absolute atomic E-state index is 3.83. The van der Waals surface area contributed by atoms with Gasteiger partial charge in [-0.15, -0.1) is 12.4 Å². The summed E-state index contributed by atoms with van der Waals surface area (Å²) >= 11 is 0. The monoisotopic (exact) mass is 185 g/mol. The first kappa shape index (κ1) is 16.0. The van der Waals surface area contributed by atoms with Gasteiger partial charge in [0.15, 0.2) is 0 Å². The van der Waals surface area contributed by atoms with E-state index in [0.29, 0.717) is 5.92 Å². The molecule has 0 amide bonds. The third-order valence-corrected chi connectivity index (χ3v) is 0.781. The molecule has 0 aromatic heterocycles. The van der Waals surface area contributed by atoms with E-state index < -0.39 is 0 Å². The molecule has 0 aliphatic heterocycles. The zero-order chi connectivity index (χ0) is 4.99. The molecule has 0 aromatic rings. The molecule has 0 saturated carbocycles. The molecule has 2 heteroatoms. The Morgan fingerprint density at radius 2 is 1.88 bits per heavy atom. The minimum atomic E-state index is 0. The van der Waals surface area contributed by atoms with Crippen LogP contribution in [0.3, 0.4) is 0 Å². The zero-order valence-corrected chi connectivity index (χ0v) is 9.60. The van der Waals surface area contributed by atoms with Crippen molar-refractivity contribution in [3.63, 3.8) is 0 Å². The van der Waals surface area contributed by atoms with E-state index in [9.17, 15) is 0 Å². The maximum Gasteiger partial charge on any atom is 0 e. The Labute approximate surface area is 71.6 Å². The summed E-state index contributed by atoms with van der Waals surface area (Å²) in [6.07, 6.45) is 2.53. The second-order valence-electron chi connectivity index (χ2n) is 1.89. The molecule has 0 rings (SSSR count). The van der Waals surface area contributed by atoms with Gasteiger partial charge >= 0.3 is 0 Å². The minimum Gasteiger partial charge on any atom is -0.341 e. The molecule has 8 heavy (non-hydrogen) atoms. The Hall–Kier alpha value is 0.913. The molecule has 0 spiro atoms. The van der Waals surface area contributed by atoms with Crippen LogP contribution in [0.15, 0.2) is 0 Å². The average Bonchev–Trinajstić information content (AvgIpc) is 1.35. The third kappa shape index (κ3) is 15.8. The summed E-state index contributed by atoms with van der Waals surface area (Å²) in [7, 11) is 0. The van der Waals surface area contributed by atoms with Crippen LogP contribution in [0, 0.1) is 12.8 Å². The van der Waals surface area contributed by atoms with E-state index in [1.165, 1.54) is 12.8 Å². The second kappa shape index (κ2) is 10.8. The molecule has 0 nitrogen and oxygen atoms in total. The Balaban J connectivity index is -0.000000125. The Kier molecular flexibility index (Phi) is 21.6. The predicted octanol–water partition coefficient (Wildman–Crippen LogP) is 2.68. The molecule has 1 atom stereocenters. The first-order valence-corrected chi connectivity index (χ1v) is 2.60. The van der Waals surface area contributed by atoms with Crippen molar-refractivity contribution in [1.82, 2.24) is 0 Å². The summed E-state index contributed by atoms with van der Waals surface area (Å²) < 4.78 is 0.